The summed E-state index contributed by atoms with van der Waals surface area (Å²) >= 11 is 1.80. The lowest BCUT2D eigenvalue weighted by Gasteiger charge is -2.02. The highest BCUT2D eigenvalue weighted by molar-refractivity contribution is 7.09. The maximum Gasteiger partial charge on any atom is 0.0477 e. The zero-order valence-electron chi connectivity index (χ0n) is 8.08. The first-order valence-corrected chi connectivity index (χ1v) is 5.62. The number of hydrogen-bond donors (Lipinski definition) is 1. The minimum Gasteiger partial charge on any atom is -0.382 e. The van der Waals surface area contributed by atoms with E-state index >= 15 is 0 Å². The van der Waals surface area contributed by atoms with Crippen molar-refractivity contribution in [3.63, 3.8) is 0 Å². The first-order chi connectivity index (χ1) is 6.43. The summed E-state index contributed by atoms with van der Waals surface area (Å²) in [5, 5.41) is 5.49. The van der Waals surface area contributed by atoms with E-state index in [0.717, 1.165) is 32.7 Å². The molecule has 3 heteroatoms. The molecule has 1 aromatic rings. The monoisotopic (exact) mass is 199 g/mol. The SMILES string of the molecule is CCOCCCNCc1cccs1. The van der Waals surface area contributed by atoms with Crippen molar-refractivity contribution in [2.75, 3.05) is 19.8 Å². The molecule has 0 aliphatic heterocycles. The van der Waals surface area contributed by atoms with Crippen LogP contribution >= 0.6 is 11.3 Å². The van der Waals surface area contributed by atoms with Crippen molar-refractivity contribution in [3.05, 3.63) is 22.4 Å². The topological polar surface area (TPSA) is 21.3 Å². The van der Waals surface area contributed by atoms with E-state index in [9.17, 15) is 0 Å². The van der Waals surface area contributed by atoms with E-state index in [0.29, 0.717) is 0 Å². The minimum atomic E-state index is 0.824. The fraction of sp³-hybridized carbons (Fsp3) is 0.600. The van der Waals surface area contributed by atoms with Gasteiger partial charge in [-0.3, -0.25) is 0 Å². The second kappa shape index (κ2) is 7.06. The van der Waals surface area contributed by atoms with E-state index in [1.54, 1.807) is 11.3 Å². The van der Waals surface area contributed by atoms with Gasteiger partial charge in [0.1, 0.15) is 0 Å². The first-order valence-electron chi connectivity index (χ1n) is 4.74. The lowest BCUT2D eigenvalue weighted by molar-refractivity contribution is 0.144. The molecule has 1 aromatic heterocycles. The molecule has 0 fully saturated rings. The number of ether oxygens (including phenoxy) is 1. The van der Waals surface area contributed by atoms with Gasteiger partial charge in [-0.2, -0.15) is 0 Å². The average molecular weight is 199 g/mol. The molecule has 0 radical (unpaired) electrons. The van der Waals surface area contributed by atoms with Crippen molar-refractivity contribution in [3.8, 4) is 0 Å². The number of hydrogen-bond acceptors (Lipinski definition) is 3. The molecule has 0 aromatic carbocycles. The zero-order valence-corrected chi connectivity index (χ0v) is 8.90. The third-order valence-electron chi connectivity index (χ3n) is 1.73. The van der Waals surface area contributed by atoms with Gasteiger partial charge < -0.3 is 10.1 Å². The summed E-state index contributed by atoms with van der Waals surface area (Å²) < 4.78 is 5.23. The molecular weight excluding hydrogens is 182 g/mol. The Morgan fingerprint density at radius 3 is 3.15 bits per heavy atom. The maximum absolute atomic E-state index is 5.23. The van der Waals surface area contributed by atoms with Gasteiger partial charge in [0.2, 0.25) is 0 Å². The normalized spacial score (nSPS) is 10.5. The van der Waals surface area contributed by atoms with Crippen molar-refractivity contribution in [1.29, 1.82) is 0 Å². The van der Waals surface area contributed by atoms with Gasteiger partial charge in [0.25, 0.3) is 0 Å². The summed E-state index contributed by atoms with van der Waals surface area (Å²) in [4.78, 5) is 1.40. The molecule has 0 unspecified atom stereocenters. The molecular formula is C10H17NOS. The van der Waals surface area contributed by atoms with Crippen LogP contribution in [-0.4, -0.2) is 19.8 Å². The Hall–Kier alpha value is -0.380. The predicted octanol–water partition coefficient (Wildman–Crippen LogP) is 2.26. The molecule has 1 N–H and O–H groups in total. The van der Waals surface area contributed by atoms with Crippen LogP contribution in [0.25, 0.3) is 0 Å². The van der Waals surface area contributed by atoms with Gasteiger partial charge in [-0.25, -0.2) is 0 Å². The second-order valence-electron chi connectivity index (χ2n) is 2.81. The predicted molar refractivity (Wildman–Crippen MR) is 57.1 cm³/mol. The summed E-state index contributed by atoms with van der Waals surface area (Å²) in [6.07, 6.45) is 1.10. The summed E-state index contributed by atoms with van der Waals surface area (Å²) in [6.45, 7) is 5.75. The molecule has 0 aliphatic carbocycles. The van der Waals surface area contributed by atoms with E-state index in [-0.39, 0.29) is 0 Å². The standard InChI is InChI=1S/C10H17NOS/c1-2-12-7-4-6-11-9-10-5-3-8-13-10/h3,5,8,11H,2,4,6-7,9H2,1H3. The largest absolute Gasteiger partial charge is 0.382 e. The average Bonchev–Trinajstić information content (AvgIpc) is 2.63. The fourth-order valence-corrected chi connectivity index (χ4v) is 1.74. The molecule has 74 valence electrons. The lowest BCUT2D eigenvalue weighted by atomic mass is 10.4. The van der Waals surface area contributed by atoms with Gasteiger partial charge >= 0.3 is 0 Å². The van der Waals surface area contributed by atoms with E-state index in [1.165, 1.54) is 4.88 Å². The molecule has 0 aliphatic rings. The lowest BCUT2D eigenvalue weighted by Crippen LogP contribution is -2.15. The van der Waals surface area contributed by atoms with Crippen LogP contribution in [0.4, 0.5) is 0 Å². The fourth-order valence-electron chi connectivity index (χ4n) is 1.07. The van der Waals surface area contributed by atoms with E-state index in [1.807, 2.05) is 6.92 Å². The van der Waals surface area contributed by atoms with Crippen molar-refractivity contribution in [2.24, 2.45) is 0 Å². The molecule has 1 heterocycles. The molecule has 0 saturated carbocycles. The maximum atomic E-state index is 5.23. The summed E-state index contributed by atoms with van der Waals surface area (Å²) in [7, 11) is 0. The highest BCUT2D eigenvalue weighted by Gasteiger charge is 1.92. The highest BCUT2D eigenvalue weighted by Crippen LogP contribution is 2.06. The van der Waals surface area contributed by atoms with Crippen LogP contribution < -0.4 is 5.32 Å². The van der Waals surface area contributed by atoms with Gasteiger partial charge in [-0.05, 0) is 31.3 Å². The van der Waals surface area contributed by atoms with Gasteiger partial charge in [-0.15, -0.1) is 11.3 Å². The Bertz CT molecular complexity index is 199. The van der Waals surface area contributed by atoms with Gasteiger partial charge in [0.05, 0.1) is 0 Å². The van der Waals surface area contributed by atoms with Crippen LogP contribution in [0.5, 0.6) is 0 Å². The van der Waals surface area contributed by atoms with Crippen molar-refractivity contribution >= 4 is 11.3 Å². The van der Waals surface area contributed by atoms with E-state index in [4.69, 9.17) is 4.74 Å². The zero-order chi connectivity index (χ0) is 9.36. The number of rotatable bonds is 7. The van der Waals surface area contributed by atoms with Gasteiger partial charge in [0, 0.05) is 24.6 Å². The Morgan fingerprint density at radius 1 is 1.54 bits per heavy atom. The molecule has 0 atom stereocenters. The third-order valence-corrected chi connectivity index (χ3v) is 2.60. The molecule has 13 heavy (non-hydrogen) atoms. The Morgan fingerprint density at radius 2 is 2.46 bits per heavy atom. The second-order valence-corrected chi connectivity index (χ2v) is 3.84. The van der Waals surface area contributed by atoms with Crippen molar-refractivity contribution in [1.82, 2.24) is 5.32 Å². The summed E-state index contributed by atoms with van der Waals surface area (Å²) in [5.74, 6) is 0. The van der Waals surface area contributed by atoms with Crippen LogP contribution in [0.3, 0.4) is 0 Å². The number of thiophene rings is 1. The van der Waals surface area contributed by atoms with E-state index < -0.39 is 0 Å². The van der Waals surface area contributed by atoms with Crippen LogP contribution in [0, 0.1) is 0 Å². The van der Waals surface area contributed by atoms with Gasteiger partial charge in [0.15, 0.2) is 0 Å². The van der Waals surface area contributed by atoms with Crippen LogP contribution in [0.2, 0.25) is 0 Å². The van der Waals surface area contributed by atoms with E-state index in [2.05, 4.69) is 22.8 Å². The number of nitrogens with one attached hydrogen (secondary N) is 1. The Kier molecular flexibility index (Phi) is 5.81. The Balaban J connectivity index is 1.90. The molecule has 0 spiro atoms. The minimum absolute atomic E-state index is 0.824. The summed E-state index contributed by atoms with van der Waals surface area (Å²) in [6, 6.07) is 4.24. The smallest absolute Gasteiger partial charge is 0.0477 e. The molecule has 0 amide bonds. The van der Waals surface area contributed by atoms with Crippen LogP contribution in [0.1, 0.15) is 18.2 Å². The van der Waals surface area contributed by atoms with Crippen LogP contribution in [-0.2, 0) is 11.3 Å². The molecule has 0 bridgehead atoms. The van der Waals surface area contributed by atoms with Crippen molar-refractivity contribution < 1.29 is 4.74 Å². The third kappa shape index (κ3) is 5.03. The Labute approximate surface area is 83.9 Å². The first kappa shape index (κ1) is 10.7. The highest BCUT2D eigenvalue weighted by atomic mass is 32.1. The van der Waals surface area contributed by atoms with Gasteiger partial charge in [-0.1, -0.05) is 6.07 Å². The van der Waals surface area contributed by atoms with Crippen LogP contribution in [0.15, 0.2) is 17.5 Å². The molecule has 1 rings (SSSR count). The molecule has 0 saturated heterocycles. The summed E-state index contributed by atoms with van der Waals surface area (Å²) in [5.41, 5.74) is 0. The van der Waals surface area contributed by atoms with Crippen molar-refractivity contribution in [2.45, 2.75) is 19.9 Å². The molecule has 2 nitrogen and oxygen atoms in total. The quantitative estimate of drug-likeness (QED) is 0.680.